The molecule has 0 unspecified atom stereocenters. The van der Waals surface area contributed by atoms with Gasteiger partial charge in [-0.05, 0) is 41.8 Å². The number of aromatic nitrogens is 2. The first-order valence-electron chi connectivity index (χ1n) is 9.23. The van der Waals surface area contributed by atoms with Crippen molar-refractivity contribution in [2.45, 2.75) is 19.9 Å². The summed E-state index contributed by atoms with van der Waals surface area (Å²) in [4.78, 5) is 33.2. The number of hydrogen-bond acceptors (Lipinski definition) is 5. The van der Waals surface area contributed by atoms with Crippen LogP contribution < -0.4 is 15.4 Å². The lowest BCUT2D eigenvalue weighted by Crippen LogP contribution is -2.26. The molecule has 0 radical (unpaired) electrons. The van der Waals surface area contributed by atoms with Gasteiger partial charge in [-0.25, -0.2) is 9.97 Å². The minimum absolute atomic E-state index is 0.0551. The summed E-state index contributed by atoms with van der Waals surface area (Å²) >= 11 is 0. The zero-order valence-corrected chi connectivity index (χ0v) is 16.3. The van der Waals surface area contributed by atoms with Crippen LogP contribution in [0.1, 0.15) is 38.9 Å². The zero-order valence-electron chi connectivity index (χ0n) is 16.3. The van der Waals surface area contributed by atoms with Gasteiger partial charge in [-0.15, -0.1) is 0 Å². The normalized spacial score (nSPS) is 10.3. The van der Waals surface area contributed by atoms with Crippen LogP contribution in [0.5, 0.6) is 5.75 Å². The van der Waals surface area contributed by atoms with Crippen LogP contribution in [0.15, 0.2) is 60.9 Å². The molecule has 2 amide bonds. The third kappa shape index (κ3) is 5.16. The molecular formula is C22H22N4O3. The molecule has 0 spiro atoms. The maximum Gasteiger partial charge on any atom is 0.274 e. The van der Waals surface area contributed by atoms with Crippen LogP contribution in [0.25, 0.3) is 0 Å². The third-order valence-corrected chi connectivity index (χ3v) is 4.38. The van der Waals surface area contributed by atoms with Crippen molar-refractivity contribution in [2.75, 3.05) is 12.4 Å². The van der Waals surface area contributed by atoms with Crippen molar-refractivity contribution in [3.05, 3.63) is 83.3 Å². The van der Waals surface area contributed by atoms with Gasteiger partial charge in [0.15, 0.2) is 11.5 Å². The van der Waals surface area contributed by atoms with Crippen LogP contribution in [-0.2, 0) is 13.0 Å². The highest BCUT2D eigenvalue weighted by molar-refractivity contribution is 6.07. The predicted octanol–water partition coefficient (Wildman–Crippen LogP) is 3.23. The van der Waals surface area contributed by atoms with E-state index in [2.05, 4.69) is 27.5 Å². The Kier molecular flexibility index (Phi) is 6.52. The minimum atomic E-state index is -0.414. The van der Waals surface area contributed by atoms with E-state index in [0.29, 0.717) is 17.9 Å². The molecule has 2 aromatic carbocycles. The standard InChI is InChI=1S/C22H22N4O3/c1-3-15-4-6-16(7-5-15)14-25-22(28)19-20(24-13-12-23-19)26-21(27)17-8-10-18(29-2)11-9-17/h4-13H,3,14H2,1-2H3,(H,25,28)(H,24,26,27). The average molecular weight is 390 g/mol. The number of ether oxygens (including phenoxy) is 1. The SMILES string of the molecule is CCc1ccc(CNC(=O)c2nccnc2NC(=O)c2ccc(OC)cc2)cc1. The number of nitrogens with one attached hydrogen (secondary N) is 2. The van der Waals surface area contributed by atoms with E-state index in [-0.39, 0.29) is 11.5 Å². The van der Waals surface area contributed by atoms with Crippen LogP contribution in [0.2, 0.25) is 0 Å². The van der Waals surface area contributed by atoms with Crippen molar-refractivity contribution in [1.82, 2.24) is 15.3 Å². The van der Waals surface area contributed by atoms with Crippen molar-refractivity contribution in [3.63, 3.8) is 0 Å². The summed E-state index contributed by atoms with van der Waals surface area (Å²) in [5.41, 5.74) is 2.68. The fraction of sp³-hybridized carbons (Fsp3) is 0.182. The second kappa shape index (κ2) is 9.45. The highest BCUT2D eigenvalue weighted by Crippen LogP contribution is 2.14. The van der Waals surface area contributed by atoms with E-state index in [1.165, 1.54) is 18.0 Å². The second-order valence-corrected chi connectivity index (χ2v) is 6.29. The zero-order chi connectivity index (χ0) is 20.6. The van der Waals surface area contributed by atoms with Gasteiger partial charge in [0.25, 0.3) is 11.8 Å². The van der Waals surface area contributed by atoms with Crippen molar-refractivity contribution >= 4 is 17.6 Å². The molecule has 0 atom stereocenters. The molecule has 7 nitrogen and oxygen atoms in total. The van der Waals surface area contributed by atoms with Crippen LogP contribution in [0.4, 0.5) is 5.82 Å². The summed E-state index contributed by atoms with van der Waals surface area (Å²) < 4.78 is 5.09. The number of anilines is 1. The Morgan fingerprint density at radius 2 is 1.55 bits per heavy atom. The lowest BCUT2D eigenvalue weighted by molar-refractivity contribution is 0.0946. The molecule has 2 N–H and O–H groups in total. The molecule has 0 aliphatic rings. The number of hydrogen-bond donors (Lipinski definition) is 2. The Balaban J connectivity index is 1.68. The molecule has 0 aliphatic heterocycles. The van der Waals surface area contributed by atoms with Crippen molar-refractivity contribution in [1.29, 1.82) is 0 Å². The van der Waals surface area contributed by atoms with E-state index in [1.807, 2.05) is 24.3 Å². The van der Waals surface area contributed by atoms with Gasteiger partial charge < -0.3 is 15.4 Å². The number of methoxy groups -OCH3 is 1. The summed E-state index contributed by atoms with van der Waals surface area (Å²) in [5.74, 6) is -0.0553. The van der Waals surface area contributed by atoms with E-state index in [1.54, 1.807) is 31.4 Å². The second-order valence-electron chi connectivity index (χ2n) is 6.29. The van der Waals surface area contributed by atoms with E-state index < -0.39 is 11.8 Å². The van der Waals surface area contributed by atoms with Gasteiger partial charge in [0.2, 0.25) is 0 Å². The molecule has 7 heteroatoms. The first-order chi connectivity index (χ1) is 14.1. The van der Waals surface area contributed by atoms with Crippen LogP contribution in [-0.4, -0.2) is 28.9 Å². The van der Waals surface area contributed by atoms with Gasteiger partial charge >= 0.3 is 0 Å². The molecule has 0 aliphatic carbocycles. The van der Waals surface area contributed by atoms with Crippen LogP contribution >= 0.6 is 0 Å². The summed E-state index contributed by atoms with van der Waals surface area (Å²) in [6, 6.07) is 14.6. The molecule has 3 aromatic rings. The van der Waals surface area contributed by atoms with E-state index in [0.717, 1.165) is 12.0 Å². The van der Waals surface area contributed by atoms with Gasteiger partial charge in [0, 0.05) is 24.5 Å². The largest absolute Gasteiger partial charge is 0.497 e. The Morgan fingerprint density at radius 1 is 0.897 bits per heavy atom. The quantitative estimate of drug-likeness (QED) is 0.646. The Labute approximate surface area is 169 Å². The lowest BCUT2D eigenvalue weighted by Gasteiger charge is -2.10. The molecule has 0 fully saturated rings. The molecule has 148 valence electrons. The van der Waals surface area contributed by atoms with E-state index in [4.69, 9.17) is 4.74 Å². The molecule has 0 saturated carbocycles. The Hall–Kier alpha value is -3.74. The summed E-state index contributed by atoms with van der Waals surface area (Å²) in [5, 5.41) is 5.46. The molecule has 29 heavy (non-hydrogen) atoms. The number of amides is 2. The Bertz CT molecular complexity index is 986. The maximum absolute atomic E-state index is 12.6. The minimum Gasteiger partial charge on any atom is -0.497 e. The van der Waals surface area contributed by atoms with E-state index >= 15 is 0 Å². The van der Waals surface area contributed by atoms with Gasteiger partial charge in [-0.2, -0.15) is 0 Å². The number of rotatable bonds is 7. The van der Waals surface area contributed by atoms with Crippen LogP contribution in [0.3, 0.4) is 0 Å². The van der Waals surface area contributed by atoms with Gasteiger partial charge in [0.1, 0.15) is 5.75 Å². The number of carbonyl (C=O) groups is 2. The fourth-order valence-electron chi connectivity index (χ4n) is 2.68. The number of aryl methyl sites for hydroxylation is 1. The van der Waals surface area contributed by atoms with Crippen molar-refractivity contribution < 1.29 is 14.3 Å². The van der Waals surface area contributed by atoms with E-state index in [9.17, 15) is 9.59 Å². The van der Waals surface area contributed by atoms with Crippen LogP contribution in [0, 0.1) is 0 Å². The fourth-order valence-corrected chi connectivity index (χ4v) is 2.68. The smallest absolute Gasteiger partial charge is 0.274 e. The molecule has 1 aromatic heterocycles. The first-order valence-corrected chi connectivity index (χ1v) is 9.23. The summed E-state index contributed by atoms with van der Waals surface area (Å²) in [6.45, 7) is 2.44. The number of nitrogens with zero attached hydrogens (tertiary/aromatic N) is 2. The van der Waals surface area contributed by atoms with Gasteiger partial charge in [-0.1, -0.05) is 31.2 Å². The topological polar surface area (TPSA) is 93.2 Å². The average Bonchev–Trinajstić information content (AvgIpc) is 2.78. The third-order valence-electron chi connectivity index (χ3n) is 4.38. The monoisotopic (exact) mass is 390 g/mol. The summed E-state index contributed by atoms with van der Waals surface area (Å²) in [6.07, 6.45) is 3.79. The molecule has 0 bridgehead atoms. The Morgan fingerprint density at radius 3 is 2.21 bits per heavy atom. The highest BCUT2D eigenvalue weighted by Gasteiger charge is 2.17. The number of benzene rings is 2. The lowest BCUT2D eigenvalue weighted by atomic mass is 10.1. The number of carbonyl (C=O) groups excluding carboxylic acids is 2. The van der Waals surface area contributed by atoms with Gasteiger partial charge in [-0.3, -0.25) is 9.59 Å². The molecule has 0 saturated heterocycles. The maximum atomic E-state index is 12.6. The van der Waals surface area contributed by atoms with Gasteiger partial charge in [0.05, 0.1) is 7.11 Å². The first kappa shape index (κ1) is 20.0. The van der Waals surface area contributed by atoms with Crippen molar-refractivity contribution in [2.24, 2.45) is 0 Å². The molecule has 1 heterocycles. The van der Waals surface area contributed by atoms with Crippen molar-refractivity contribution in [3.8, 4) is 5.75 Å². The molecule has 3 rings (SSSR count). The summed E-state index contributed by atoms with van der Waals surface area (Å²) in [7, 11) is 1.55. The highest BCUT2D eigenvalue weighted by atomic mass is 16.5. The molecular weight excluding hydrogens is 368 g/mol. The predicted molar refractivity (Wildman–Crippen MR) is 110 cm³/mol.